The second-order valence-corrected chi connectivity index (χ2v) is 5.56. The number of H-pyrrole nitrogens is 1. The van der Waals surface area contributed by atoms with Gasteiger partial charge in [0.1, 0.15) is 5.56 Å². The zero-order valence-corrected chi connectivity index (χ0v) is 13.7. The van der Waals surface area contributed by atoms with Gasteiger partial charge < -0.3 is 10.3 Å². The number of rotatable bonds is 4. The summed E-state index contributed by atoms with van der Waals surface area (Å²) in [7, 11) is 0. The number of benzene rings is 1. The summed E-state index contributed by atoms with van der Waals surface area (Å²) in [6.45, 7) is -0.0395. The second kappa shape index (κ2) is 7.14. The predicted molar refractivity (Wildman–Crippen MR) is 94.1 cm³/mol. The molecule has 25 heavy (non-hydrogen) atoms. The third-order valence-corrected chi connectivity index (χ3v) is 3.80. The molecule has 0 aliphatic rings. The van der Waals surface area contributed by atoms with Crippen molar-refractivity contribution in [2.24, 2.45) is 0 Å². The van der Waals surface area contributed by atoms with Crippen molar-refractivity contribution >= 4 is 23.2 Å². The van der Waals surface area contributed by atoms with E-state index >= 15 is 0 Å². The highest BCUT2D eigenvalue weighted by molar-refractivity contribution is 6.33. The Morgan fingerprint density at radius 1 is 1.16 bits per heavy atom. The monoisotopic (exact) mass is 356 g/mol. The first-order chi connectivity index (χ1) is 12.1. The van der Waals surface area contributed by atoms with Gasteiger partial charge in [0.05, 0.1) is 22.9 Å². The molecule has 0 aliphatic carbocycles. The lowest BCUT2D eigenvalue weighted by Crippen LogP contribution is -2.39. The average molecular weight is 357 g/mol. The standard InChI is InChI=1S/C17H13ClN4O3/c18-13-6-1-2-7-14(13)21-15(23)12-9-20-17(25)22(16(12)24)10-11-5-3-4-8-19-11/h1-9H,10H2,(H,20,25)(H,21,23). The minimum absolute atomic E-state index is 0.0395. The van der Waals surface area contributed by atoms with E-state index in [1.807, 2.05) is 0 Å². The number of pyridine rings is 1. The summed E-state index contributed by atoms with van der Waals surface area (Å²) in [5.41, 5.74) is -0.630. The molecule has 3 rings (SSSR count). The lowest BCUT2D eigenvalue weighted by atomic mass is 10.2. The van der Waals surface area contributed by atoms with E-state index in [4.69, 9.17) is 11.6 Å². The maximum absolute atomic E-state index is 12.5. The van der Waals surface area contributed by atoms with Crippen molar-refractivity contribution in [3.63, 3.8) is 0 Å². The number of carbonyl (C=O) groups excluding carboxylic acids is 1. The van der Waals surface area contributed by atoms with Crippen LogP contribution in [-0.4, -0.2) is 20.4 Å². The van der Waals surface area contributed by atoms with Crippen molar-refractivity contribution in [2.75, 3.05) is 5.32 Å². The van der Waals surface area contributed by atoms with Gasteiger partial charge in [0, 0.05) is 12.4 Å². The zero-order chi connectivity index (χ0) is 17.8. The minimum Gasteiger partial charge on any atom is -0.320 e. The molecule has 0 saturated heterocycles. The molecule has 7 nitrogen and oxygen atoms in total. The van der Waals surface area contributed by atoms with E-state index in [0.29, 0.717) is 16.4 Å². The lowest BCUT2D eigenvalue weighted by molar-refractivity contribution is 0.102. The Bertz CT molecular complexity index is 1030. The van der Waals surface area contributed by atoms with E-state index in [9.17, 15) is 14.4 Å². The Morgan fingerprint density at radius 2 is 1.92 bits per heavy atom. The van der Waals surface area contributed by atoms with Crippen LogP contribution < -0.4 is 16.6 Å². The Hall–Kier alpha value is -3.19. The van der Waals surface area contributed by atoms with Gasteiger partial charge >= 0.3 is 5.69 Å². The number of nitrogens with zero attached hydrogens (tertiary/aromatic N) is 2. The molecular formula is C17H13ClN4O3. The van der Waals surface area contributed by atoms with E-state index in [1.54, 1.807) is 48.7 Å². The van der Waals surface area contributed by atoms with Crippen LogP contribution in [0.4, 0.5) is 5.69 Å². The maximum atomic E-state index is 12.5. The molecule has 2 N–H and O–H groups in total. The summed E-state index contributed by atoms with van der Waals surface area (Å²) in [4.78, 5) is 43.3. The minimum atomic E-state index is -0.709. The van der Waals surface area contributed by atoms with E-state index in [2.05, 4.69) is 15.3 Å². The molecule has 2 heterocycles. The van der Waals surface area contributed by atoms with Crippen LogP contribution >= 0.6 is 11.6 Å². The van der Waals surface area contributed by atoms with Crippen LogP contribution in [-0.2, 0) is 6.54 Å². The molecule has 8 heteroatoms. The van der Waals surface area contributed by atoms with Crippen LogP contribution in [0.25, 0.3) is 0 Å². The quantitative estimate of drug-likeness (QED) is 0.746. The average Bonchev–Trinajstić information content (AvgIpc) is 2.61. The fraction of sp³-hybridized carbons (Fsp3) is 0.0588. The van der Waals surface area contributed by atoms with E-state index in [-0.39, 0.29) is 12.1 Å². The van der Waals surface area contributed by atoms with Gasteiger partial charge in [-0.3, -0.25) is 19.1 Å². The number of hydrogen-bond acceptors (Lipinski definition) is 4. The zero-order valence-electron chi connectivity index (χ0n) is 12.9. The molecule has 0 fully saturated rings. The summed E-state index contributed by atoms with van der Waals surface area (Å²) in [6, 6.07) is 11.8. The Labute approximate surface area is 146 Å². The second-order valence-electron chi connectivity index (χ2n) is 5.15. The predicted octanol–water partition coefficient (Wildman–Crippen LogP) is 1.89. The highest BCUT2D eigenvalue weighted by Gasteiger charge is 2.16. The summed E-state index contributed by atoms with van der Waals surface area (Å²) in [6.07, 6.45) is 2.65. The summed E-state index contributed by atoms with van der Waals surface area (Å²) < 4.78 is 0.920. The van der Waals surface area contributed by atoms with Crippen LogP contribution in [0.2, 0.25) is 5.02 Å². The highest BCUT2D eigenvalue weighted by Crippen LogP contribution is 2.20. The first-order valence-electron chi connectivity index (χ1n) is 7.34. The first kappa shape index (κ1) is 16.7. The smallest absolute Gasteiger partial charge is 0.320 e. The molecule has 2 aromatic heterocycles. The van der Waals surface area contributed by atoms with Crippen LogP contribution in [0.1, 0.15) is 16.1 Å². The van der Waals surface area contributed by atoms with Gasteiger partial charge in [0.2, 0.25) is 0 Å². The summed E-state index contributed by atoms with van der Waals surface area (Å²) in [5.74, 6) is -0.663. The molecule has 1 amide bonds. The number of anilines is 1. The third-order valence-electron chi connectivity index (χ3n) is 3.47. The molecule has 0 saturated carbocycles. The lowest BCUT2D eigenvalue weighted by Gasteiger charge is -2.08. The van der Waals surface area contributed by atoms with Crippen molar-refractivity contribution in [1.29, 1.82) is 0 Å². The molecule has 1 aromatic carbocycles. The van der Waals surface area contributed by atoms with Gasteiger partial charge in [-0.15, -0.1) is 0 Å². The number of halogens is 1. The molecule has 0 atom stereocenters. The Kier molecular flexibility index (Phi) is 4.76. The summed E-state index contributed by atoms with van der Waals surface area (Å²) in [5, 5.41) is 2.90. The number of hydrogen-bond donors (Lipinski definition) is 2. The molecule has 126 valence electrons. The van der Waals surface area contributed by atoms with Crippen LogP contribution in [0.3, 0.4) is 0 Å². The topological polar surface area (TPSA) is 96.8 Å². The molecule has 0 bridgehead atoms. The van der Waals surface area contributed by atoms with Gasteiger partial charge in [-0.25, -0.2) is 4.79 Å². The number of para-hydroxylation sites is 1. The summed E-state index contributed by atoms with van der Waals surface area (Å²) >= 11 is 6.00. The molecule has 0 aliphatic heterocycles. The largest absolute Gasteiger partial charge is 0.328 e. The number of aromatic nitrogens is 3. The van der Waals surface area contributed by atoms with Gasteiger partial charge in [-0.1, -0.05) is 29.8 Å². The third kappa shape index (κ3) is 3.67. The molecule has 0 spiro atoms. The fourth-order valence-corrected chi connectivity index (χ4v) is 2.41. The highest BCUT2D eigenvalue weighted by atomic mass is 35.5. The normalized spacial score (nSPS) is 10.4. The number of amides is 1. The number of nitrogens with one attached hydrogen (secondary N) is 2. The Balaban J connectivity index is 1.94. The maximum Gasteiger partial charge on any atom is 0.328 e. The van der Waals surface area contributed by atoms with Gasteiger partial charge in [0.25, 0.3) is 11.5 Å². The van der Waals surface area contributed by atoms with Crippen molar-refractivity contribution in [3.8, 4) is 0 Å². The number of aromatic amines is 1. The molecule has 0 radical (unpaired) electrons. The van der Waals surface area contributed by atoms with Gasteiger partial charge in [-0.2, -0.15) is 0 Å². The Morgan fingerprint density at radius 3 is 2.64 bits per heavy atom. The first-order valence-corrected chi connectivity index (χ1v) is 7.72. The van der Waals surface area contributed by atoms with Crippen LogP contribution in [0, 0.1) is 0 Å². The van der Waals surface area contributed by atoms with Crippen LogP contribution in [0.15, 0.2) is 64.4 Å². The molecule has 0 unspecified atom stereocenters. The van der Waals surface area contributed by atoms with Crippen molar-refractivity contribution in [3.05, 3.63) is 92.0 Å². The van der Waals surface area contributed by atoms with Crippen molar-refractivity contribution < 1.29 is 4.79 Å². The van der Waals surface area contributed by atoms with E-state index < -0.39 is 17.2 Å². The molecule has 3 aromatic rings. The molecular weight excluding hydrogens is 344 g/mol. The van der Waals surface area contributed by atoms with Gasteiger partial charge in [0.15, 0.2) is 0 Å². The fourth-order valence-electron chi connectivity index (χ4n) is 2.22. The van der Waals surface area contributed by atoms with Crippen molar-refractivity contribution in [2.45, 2.75) is 6.54 Å². The van der Waals surface area contributed by atoms with E-state index in [0.717, 1.165) is 10.8 Å². The van der Waals surface area contributed by atoms with Crippen molar-refractivity contribution in [1.82, 2.24) is 14.5 Å². The van der Waals surface area contributed by atoms with E-state index in [1.165, 1.54) is 0 Å². The van der Waals surface area contributed by atoms with Gasteiger partial charge in [-0.05, 0) is 24.3 Å². The van der Waals surface area contributed by atoms with Crippen LogP contribution in [0.5, 0.6) is 0 Å². The SMILES string of the molecule is O=C(Nc1ccccc1Cl)c1c[nH]c(=O)n(Cc2ccccn2)c1=O. The number of carbonyl (C=O) groups is 1.